The monoisotopic (exact) mass is 412 g/mol. The van der Waals surface area contributed by atoms with Crippen molar-refractivity contribution in [3.63, 3.8) is 0 Å². The number of hydrogen-bond donors (Lipinski definition) is 2. The van der Waals surface area contributed by atoms with Crippen LogP contribution < -0.4 is 15.8 Å². The summed E-state index contributed by atoms with van der Waals surface area (Å²) in [7, 11) is 0. The molecule has 1 fully saturated rings. The second-order valence-electron chi connectivity index (χ2n) is 8.01. The highest BCUT2D eigenvalue weighted by atomic mass is 16.5. The fraction of sp³-hybridized carbons (Fsp3) is 0.240. The number of aromatic nitrogens is 1. The molecule has 6 heteroatoms. The minimum absolute atomic E-state index is 0.194. The van der Waals surface area contributed by atoms with Gasteiger partial charge in [0.1, 0.15) is 5.75 Å². The summed E-state index contributed by atoms with van der Waals surface area (Å²) in [6, 6.07) is 16.3. The van der Waals surface area contributed by atoms with Gasteiger partial charge in [-0.3, -0.25) is 4.79 Å². The minimum atomic E-state index is 0.194. The summed E-state index contributed by atoms with van der Waals surface area (Å²) >= 11 is 0. The summed E-state index contributed by atoms with van der Waals surface area (Å²) in [5, 5.41) is 12.1. The lowest BCUT2D eigenvalue weighted by atomic mass is 10.00. The van der Waals surface area contributed by atoms with Crippen molar-refractivity contribution < 1.29 is 9.53 Å². The van der Waals surface area contributed by atoms with Crippen LogP contribution in [0.25, 0.3) is 0 Å². The summed E-state index contributed by atoms with van der Waals surface area (Å²) in [5.74, 6) is 2.30. The fourth-order valence-corrected chi connectivity index (χ4v) is 3.45. The molecule has 4 rings (SSSR count). The number of carbonyl (C=O) groups excluding carboxylic acids is 1. The van der Waals surface area contributed by atoms with Crippen molar-refractivity contribution in [1.29, 1.82) is 5.26 Å². The Balaban J connectivity index is 1.54. The van der Waals surface area contributed by atoms with E-state index in [1.165, 1.54) is 0 Å². The molecule has 0 unspecified atom stereocenters. The van der Waals surface area contributed by atoms with Gasteiger partial charge in [-0.05, 0) is 86.2 Å². The normalized spacial score (nSPS) is 12.8. The van der Waals surface area contributed by atoms with E-state index in [1.807, 2.05) is 26.0 Å². The van der Waals surface area contributed by atoms with E-state index in [4.69, 9.17) is 15.7 Å². The van der Waals surface area contributed by atoms with Gasteiger partial charge >= 0.3 is 0 Å². The van der Waals surface area contributed by atoms with Gasteiger partial charge in [-0.25, -0.2) is 0 Å². The van der Waals surface area contributed by atoms with Crippen LogP contribution in [0.1, 0.15) is 46.3 Å². The van der Waals surface area contributed by atoms with Crippen molar-refractivity contribution >= 4 is 23.0 Å². The second kappa shape index (κ2) is 8.49. The van der Waals surface area contributed by atoms with Gasteiger partial charge in [0.2, 0.25) is 5.88 Å². The molecule has 0 amide bonds. The first-order valence-corrected chi connectivity index (χ1v) is 10.3. The van der Waals surface area contributed by atoms with Gasteiger partial charge in [0, 0.05) is 23.7 Å². The van der Waals surface area contributed by atoms with E-state index in [1.54, 1.807) is 36.4 Å². The Morgan fingerprint density at radius 3 is 2.45 bits per heavy atom. The van der Waals surface area contributed by atoms with E-state index in [0.29, 0.717) is 41.0 Å². The highest BCUT2D eigenvalue weighted by molar-refractivity contribution is 5.97. The maximum atomic E-state index is 12.5. The Kier molecular flexibility index (Phi) is 5.59. The van der Waals surface area contributed by atoms with Crippen LogP contribution in [0.5, 0.6) is 11.6 Å². The highest BCUT2D eigenvalue weighted by Crippen LogP contribution is 2.35. The molecule has 3 aromatic rings. The van der Waals surface area contributed by atoms with Crippen LogP contribution in [0.2, 0.25) is 0 Å². The van der Waals surface area contributed by atoms with Crippen LogP contribution in [-0.4, -0.2) is 10.8 Å². The Bertz CT molecular complexity index is 1150. The number of nitrogens with one attached hydrogen (secondary N) is 1. The van der Waals surface area contributed by atoms with E-state index >= 15 is 0 Å². The number of aryl methyl sites for hydroxylation is 2. The SMILES string of the molecule is Cc1cc(C(=O)CC2CC2)cc(C)c1Oc1ccc(N)c(Nc2ccc(C#N)cc2)n1. The van der Waals surface area contributed by atoms with Gasteiger partial charge in [-0.2, -0.15) is 10.2 Å². The van der Waals surface area contributed by atoms with E-state index in [2.05, 4.69) is 16.4 Å². The number of benzene rings is 2. The third kappa shape index (κ3) is 4.84. The Morgan fingerprint density at radius 1 is 1.16 bits per heavy atom. The maximum Gasteiger partial charge on any atom is 0.221 e. The predicted octanol–water partition coefficient (Wildman–Crippen LogP) is 5.67. The van der Waals surface area contributed by atoms with Crippen LogP contribution >= 0.6 is 0 Å². The summed E-state index contributed by atoms with van der Waals surface area (Å²) in [6.45, 7) is 3.87. The molecule has 0 radical (unpaired) electrons. The summed E-state index contributed by atoms with van der Waals surface area (Å²) in [4.78, 5) is 17.0. The zero-order valence-corrected chi connectivity index (χ0v) is 17.6. The van der Waals surface area contributed by atoms with Crippen molar-refractivity contribution in [2.24, 2.45) is 5.92 Å². The van der Waals surface area contributed by atoms with E-state index < -0.39 is 0 Å². The molecule has 0 atom stereocenters. The average Bonchev–Trinajstić information content (AvgIpc) is 3.57. The molecule has 1 aliphatic rings. The zero-order valence-electron chi connectivity index (χ0n) is 17.6. The van der Waals surface area contributed by atoms with Crippen LogP contribution in [0.15, 0.2) is 48.5 Å². The number of anilines is 3. The number of nitrogen functional groups attached to an aromatic ring is 1. The molecule has 2 aromatic carbocycles. The molecule has 1 heterocycles. The fourth-order valence-electron chi connectivity index (χ4n) is 3.45. The lowest BCUT2D eigenvalue weighted by Crippen LogP contribution is -2.04. The van der Waals surface area contributed by atoms with E-state index in [-0.39, 0.29) is 5.78 Å². The molecule has 1 saturated carbocycles. The van der Waals surface area contributed by atoms with Crippen LogP contribution in [0, 0.1) is 31.1 Å². The predicted molar refractivity (Wildman–Crippen MR) is 121 cm³/mol. The third-order valence-electron chi connectivity index (χ3n) is 5.34. The first kappa shape index (κ1) is 20.4. The minimum Gasteiger partial charge on any atom is -0.438 e. The van der Waals surface area contributed by atoms with Gasteiger partial charge in [0.05, 0.1) is 17.3 Å². The first-order chi connectivity index (χ1) is 14.9. The number of ketones is 1. The molecule has 0 spiro atoms. The van der Waals surface area contributed by atoms with Gasteiger partial charge in [-0.1, -0.05) is 0 Å². The van der Waals surface area contributed by atoms with Crippen LogP contribution in [0.3, 0.4) is 0 Å². The molecule has 0 saturated heterocycles. The van der Waals surface area contributed by atoms with Gasteiger partial charge in [0.25, 0.3) is 0 Å². The van der Waals surface area contributed by atoms with Crippen molar-refractivity contribution in [3.05, 3.63) is 70.8 Å². The van der Waals surface area contributed by atoms with E-state index in [0.717, 1.165) is 35.2 Å². The molecule has 0 bridgehead atoms. The largest absolute Gasteiger partial charge is 0.438 e. The molecular weight excluding hydrogens is 388 g/mol. The molecule has 1 aliphatic carbocycles. The number of carbonyl (C=O) groups is 1. The Hall–Kier alpha value is -3.85. The zero-order chi connectivity index (χ0) is 22.0. The summed E-state index contributed by atoms with van der Waals surface area (Å²) in [6.07, 6.45) is 2.95. The molecule has 6 nitrogen and oxygen atoms in total. The number of pyridine rings is 1. The molecule has 0 aliphatic heterocycles. The quantitative estimate of drug-likeness (QED) is 0.485. The number of rotatable bonds is 7. The Labute approximate surface area is 181 Å². The molecule has 3 N–H and O–H groups in total. The van der Waals surface area contributed by atoms with Crippen molar-refractivity contribution in [1.82, 2.24) is 4.98 Å². The number of ether oxygens (including phenoxy) is 1. The van der Waals surface area contributed by atoms with Gasteiger partial charge in [-0.15, -0.1) is 0 Å². The second-order valence-corrected chi connectivity index (χ2v) is 8.01. The Morgan fingerprint density at radius 2 is 1.84 bits per heavy atom. The molecule has 1 aromatic heterocycles. The molecular formula is C25H24N4O2. The van der Waals surface area contributed by atoms with Crippen LogP contribution in [0.4, 0.5) is 17.2 Å². The average molecular weight is 412 g/mol. The maximum absolute atomic E-state index is 12.5. The smallest absolute Gasteiger partial charge is 0.221 e. The first-order valence-electron chi connectivity index (χ1n) is 10.3. The highest BCUT2D eigenvalue weighted by Gasteiger charge is 2.25. The van der Waals surface area contributed by atoms with Gasteiger partial charge in [0.15, 0.2) is 11.6 Å². The standard InChI is InChI=1S/C25H24N4O2/c1-15-11-19(22(30)13-17-3-4-17)12-16(2)24(15)31-23-10-9-21(27)25(29-23)28-20-7-5-18(14-26)6-8-20/h5-12,17H,3-4,13,27H2,1-2H3,(H,28,29). The van der Waals surface area contributed by atoms with Crippen LogP contribution in [-0.2, 0) is 0 Å². The summed E-state index contributed by atoms with van der Waals surface area (Å²) < 4.78 is 6.08. The number of nitrogens with two attached hydrogens (primary N) is 1. The number of hydrogen-bond acceptors (Lipinski definition) is 6. The van der Waals surface area contributed by atoms with Gasteiger partial charge < -0.3 is 15.8 Å². The number of nitriles is 1. The lowest BCUT2D eigenvalue weighted by Gasteiger charge is -2.15. The molecule has 31 heavy (non-hydrogen) atoms. The van der Waals surface area contributed by atoms with Crippen molar-refractivity contribution in [3.8, 4) is 17.7 Å². The summed E-state index contributed by atoms with van der Waals surface area (Å²) in [5.41, 5.74) is 10.4. The third-order valence-corrected chi connectivity index (χ3v) is 5.34. The lowest BCUT2D eigenvalue weighted by molar-refractivity contribution is 0.0976. The van der Waals surface area contributed by atoms with Crippen molar-refractivity contribution in [2.75, 3.05) is 11.1 Å². The number of Topliss-reactive ketones (excluding diaryl/α,β-unsaturated/α-hetero) is 1. The topological polar surface area (TPSA) is 101 Å². The van der Waals surface area contributed by atoms with E-state index in [9.17, 15) is 4.79 Å². The van der Waals surface area contributed by atoms with Crippen molar-refractivity contribution in [2.45, 2.75) is 33.1 Å². The molecule has 156 valence electrons. The number of nitrogens with zero attached hydrogens (tertiary/aromatic N) is 2.